The van der Waals surface area contributed by atoms with Crippen LogP contribution in [0.3, 0.4) is 0 Å². The summed E-state index contributed by atoms with van der Waals surface area (Å²) >= 11 is 11.7. The van der Waals surface area contributed by atoms with E-state index in [1.807, 2.05) is 0 Å². The molecular formula is C11H10Cl2O3. The summed E-state index contributed by atoms with van der Waals surface area (Å²) < 4.78 is 4.58. The zero-order chi connectivity index (χ0) is 12.1. The Bertz CT molecular complexity index is 395. The van der Waals surface area contributed by atoms with E-state index in [1.54, 1.807) is 25.1 Å². The molecule has 0 aliphatic carbocycles. The number of hydrogen-bond donors (Lipinski definition) is 0. The van der Waals surface area contributed by atoms with E-state index in [1.165, 1.54) is 0 Å². The lowest BCUT2D eigenvalue weighted by atomic mass is 10.1. The fourth-order valence-electron chi connectivity index (χ4n) is 1.15. The van der Waals surface area contributed by atoms with Crippen molar-refractivity contribution in [3.63, 3.8) is 0 Å². The lowest BCUT2D eigenvalue weighted by molar-refractivity contribution is -0.153. The first kappa shape index (κ1) is 13.0. The molecule has 86 valence electrons. The van der Waals surface area contributed by atoms with Crippen LogP contribution < -0.4 is 0 Å². The van der Waals surface area contributed by atoms with Crippen LogP contribution in [0, 0.1) is 0 Å². The zero-order valence-electron chi connectivity index (χ0n) is 8.63. The average Bonchev–Trinajstić information content (AvgIpc) is 2.23. The molecule has 1 rings (SSSR count). The summed E-state index contributed by atoms with van der Waals surface area (Å²) in [7, 11) is 0. The number of ketones is 1. The molecule has 0 amide bonds. The topological polar surface area (TPSA) is 43.4 Å². The van der Waals surface area contributed by atoms with Gasteiger partial charge in [-0.25, -0.2) is 4.79 Å². The third kappa shape index (κ3) is 3.22. The Morgan fingerprint density at radius 3 is 2.31 bits per heavy atom. The smallest absolute Gasteiger partial charge is 0.374 e. The number of hydrogen-bond acceptors (Lipinski definition) is 3. The first-order chi connectivity index (χ1) is 7.56. The Balaban J connectivity index is 2.81. The van der Waals surface area contributed by atoms with Gasteiger partial charge in [-0.1, -0.05) is 29.3 Å². The molecule has 0 radical (unpaired) electrons. The summed E-state index contributed by atoms with van der Waals surface area (Å²) in [5, 5.41) is 0.732. The fourth-order valence-corrected chi connectivity index (χ4v) is 1.68. The maximum Gasteiger partial charge on any atom is 0.374 e. The van der Waals surface area contributed by atoms with E-state index in [2.05, 4.69) is 4.74 Å². The second-order valence-electron chi connectivity index (χ2n) is 3.02. The van der Waals surface area contributed by atoms with Gasteiger partial charge in [0, 0.05) is 16.5 Å². The van der Waals surface area contributed by atoms with Gasteiger partial charge in [0.05, 0.1) is 6.61 Å². The van der Waals surface area contributed by atoms with Gasteiger partial charge < -0.3 is 4.74 Å². The fraction of sp³-hybridized carbons (Fsp3) is 0.273. The van der Waals surface area contributed by atoms with Crippen molar-refractivity contribution in [3.05, 3.63) is 33.8 Å². The number of halogens is 2. The van der Waals surface area contributed by atoms with E-state index in [-0.39, 0.29) is 13.0 Å². The lowest BCUT2D eigenvalue weighted by Crippen LogP contribution is -2.19. The largest absolute Gasteiger partial charge is 0.460 e. The van der Waals surface area contributed by atoms with Gasteiger partial charge in [0.15, 0.2) is 0 Å². The Morgan fingerprint density at radius 2 is 1.81 bits per heavy atom. The van der Waals surface area contributed by atoms with Crippen LogP contribution >= 0.6 is 23.2 Å². The third-order valence-electron chi connectivity index (χ3n) is 1.90. The molecule has 1 aromatic carbocycles. The van der Waals surface area contributed by atoms with Crippen molar-refractivity contribution in [2.75, 3.05) is 6.61 Å². The Labute approximate surface area is 103 Å². The minimum Gasteiger partial charge on any atom is -0.460 e. The maximum atomic E-state index is 11.4. The van der Waals surface area contributed by atoms with Crippen molar-refractivity contribution in [3.8, 4) is 0 Å². The van der Waals surface area contributed by atoms with Gasteiger partial charge >= 0.3 is 5.97 Å². The van der Waals surface area contributed by atoms with Gasteiger partial charge in [-0.2, -0.15) is 0 Å². The number of ether oxygens (including phenoxy) is 1. The summed E-state index contributed by atoms with van der Waals surface area (Å²) in [5.41, 5.74) is 0.448. The van der Waals surface area contributed by atoms with Gasteiger partial charge in [-0.3, -0.25) is 4.79 Å². The predicted octanol–water partition coefficient (Wildman–Crippen LogP) is 2.67. The summed E-state index contributed by atoms with van der Waals surface area (Å²) in [6, 6.07) is 4.89. The summed E-state index contributed by atoms with van der Waals surface area (Å²) in [6.07, 6.45) is -0.142. The van der Waals surface area contributed by atoms with Crippen LogP contribution in [0.2, 0.25) is 10.0 Å². The molecule has 0 bridgehead atoms. The van der Waals surface area contributed by atoms with Crippen LogP contribution in [-0.4, -0.2) is 18.4 Å². The molecule has 0 atom stereocenters. The minimum absolute atomic E-state index is 0.142. The Hall–Kier alpha value is -1.06. The molecule has 0 fully saturated rings. The number of Topliss-reactive ketones (excluding diaryl/α,β-unsaturated/α-hetero) is 1. The van der Waals surface area contributed by atoms with Gasteiger partial charge in [0.1, 0.15) is 0 Å². The summed E-state index contributed by atoms with van der Waals surface area (Å²) in [4.78, 5) is 22.5. The van der Waals surface area contributed by atoms with E-state index in [4.69, 9.17) is 23.2 Å². The third-order valence-corrected chi connectivity index (χ3v) is 2.61. The van der Waals surface area contributed by atoms with Crippen LogP contribution in [-0.2, 0) is 20.7 Å². The highest BCUT2D eigenvalue weighted by molar-refractivity contribution is 6.38. The average molecular weight is 261 g/mol. The second-order valence-corrected chi connectivity index (χ2v) is 3.84. The normalized spacial score (nSPS) is 9.94. The minimum atomic E-state index is -0.863. The molecule has 0 spiro atoms. The molecule has 1 aromatic rings. The van der Waals surface area contributed by atoms with E-state index < -0.39 is 11.8 Å². The van der Waals surface area contributed by atoms with Gasteiger partial charge in [0.25, 0.3) is 0 Å². The number of esters is 1. The van der Waals surface area contributed by atoms with Crippen LogP contribution in [0.1, 0.15) is 12.5 Å². The Morgan fingerprint density at radius 1 is 1.25 bits per heavy atom. The molecule has 0 aliphatic heterocycles. The zero-order valence-corrected chi connectivity index (χ0v) is 10.1. The van der Waals surface area contributed by atoms with Crippen molar-refractivity contribution in [2.24, 2.45) is 0 Å². The number of carbonyl (C=O) groups excluding carboxylic acids is 2. The number of carbonyl (C=O) groups is 2. The van der Waals surface area contributed by atoms with Crippen LogP contribution in [0.4, 0.5) is 0 Å². The molecular weight excluding hydrogens is 251 g/mol. The quantitative estimate of drug-likeness (QED) is 0.618. The van der Waals surface area contributed by atoms with Crippen LogP contribution in [0.15, 0.2) is 18.2 Å². The van der Waals surface area contributed by atoms with Crippen LogP contribution in [0.5, 0.6) is 0 Å². The highest BCUT2D eigenvalue weighted by Crippen LogP contribution is 2.24. The molecule has 0 unspecified atom stereocenters. The second kappa shape index (κ2) is 5.87. The molecule has 0 saturated carbocycles. The van der Waals surface area contributed by atoms with Crippen molar-refractivity contribution in [2.45, 2.75) is 13.3 Å². The highest BCUT2D eigenvalue weighted by atomic mass is 35.5. The summed E-state index contributed by atoms with van der Waals surface area (Å²) in [6.45, 7) is 1.80. The first-order valence-corrected chi connectivity index (χ1v) is 5.44. The van der Waals surface area contributed by atoms with E-state index in [0.29, 0.717) is 15.6 Å². The molecule has 3 nitrogen and oxygen atoms in total. The lowest BCUT2D eigenvalue weighted by Gasteiger charge is -2.05. The number of rotatable bonds is 4. The molecule has 0 N–H and O–H groups in total. The number of benzene rings is 1. The van der Waals surface area contributed by atoms with Crippen molar-refractivity contribution in [1.82, 2.24) is 0 Å². The van der Waals surface area contributed by atoms with Crippen LogP contribution in [0.25, 0.3) is 0 Å². The predicted molar refractivity (Wildman–Crippen MR) is 61.8 cm³/mol. The molecule has 0 aromatic heterocycles. The van der Waals surface area contributed by atoms with Crippen molar-refractivity contribution < 1.29 is 14.3 Å². The first-order valence-electron chi connectivity index (χ1n) is 4.69. The summed E-state index contributed by atoms with van der Waals surface area (Å²) in [5.74, 6) is -1.52. The van der Waals surface area contributed by atoms with E-state index in [0.717, 1.165) is 0 Å². The molecule has 0 aliphatic rings. The van der Waals surface area contributed by atoms with Gasteiger partial charge in [-0.15, -0.1) is 0 Å². The molecule has 0 heterocycles. The van der Waals surface area contributed by atoms with Gasteiger partial charge in [0.2, 0.25) is 5.78 Å². The van der Waals surface area contributed by atoms with E-state index >= 15 is 0 Å². The maximum absolute atomic E-state index is 11.4. The molecule has 16 heavy (non-hydrogen) atoms. The van der Waals surface area contributed by atoms with Crippen molar-refractivity contribution in [1.29, 1.82) is 0 Å². The van der Waals surface area contributed by atoms with E-state index in [9.17, 15) is 9.59 Å². The van der Waals surface area contributed by atoms with Gasteiger partial charge in [-0.05, 0) is 24.6 Å². The standard InChI is InChI=1S/C11H10Cl2O3/c1-2-16-11(15)10(14)6-7-8(12)4-3-5-9(7)13/h3-5H,2,6H2,1H3. The monoisotopic (exact) mass is 260 g/mol. The SMILES string of the molecule is CCOC(=O)C(=O)Cc1c(Cl)cccc1Cl. The van der Waals surface area contributed by atoms with Crippen molar-refractivity contribution >= 4 is 35.0 Å². The molecule has 5 heteroatoms. The molecule has 0 saturated heterocycles. The Kier molecular flexibility index (Phi) is 4.77. The highest BCUT2D eigenvalue weighted by Gasteiger charge is 2.18.